The second kappa shape index (κ2) is 12.2. The first-order valence-electron chi connectivity index (χ1n) is 11.7. The molecule has 0 spiro atoms. The molecule has 10 nitrogen and oxygen atoms in total. The van der Waals surface area contributed by atoms with Gasteiger partial charge in [-0.1, -0.05) is 19.1 Å². The van der Waals surface area contributed by atoms with Crippen LogP contribution in [-0.4, -0.2) is 64.8 Å². The summed E-state index contributed by atoms with van der Waals surface area (Å²) in [6, 6.07) is 5.72. The smallest absolute Gasteiger partial charge is 0.273 e. The van der Waals surface area contributed by atoms with Crippen molar-refractivity contribution in [3.63, 3.8) is 0 Å². The second-order valence-electron chi connectivity index (χ2n) is 8.45. The van der Waals surface area contributed by atoms with Crippen molar-refractivity contribution in [1.82, 2.24) is 19.9 Å². The molecule has 0 aliphatic carbocycles. The molecule has 1 aromatic heterocycles. The Labute approximate surface area is 205 Å². The fourth-order valence-corrected chi connectivity index (χ4v) is 3.53. The summed E-state index contributed by atoms with van der Waals surface area (Å²) in [5.41, 5.74) is 15.4. The Morgan fingerprint density at radius 1 is 1.14 bits per heavy atom. The lowest BCUT2D eigenvalue weighted by atomic mass is 10.0. The van der Waals surface area contributed by atoms with Crippen LogP contribution < -0.4 is 11.5 Å². The number of nitrogens with zero attached hydrogens (tertiary/aromatic N) is 5. The van der Waals surface area contributed by atoms with E-state index in [1.165, 1.54) is 5.06 Å². The highest BCUT2D eigenvalue weighted by Gasteiger charge is 2.22. The second-order valence-corrected chi connectivity index (χ2v) is 8.45. The third kappa shape index (κ3) is 6.93. The predicted octanol–water partition coefficient (Wildman–Crippen LogP) is 2.42. The quantitative estimate of drug-likeness (QED) is 0.394. The van der Waals surface area contributed by atoms with Gasteiger partial charge in [0.15, 0.2) is 0 Å². The van der Waals surface area contributed by atoms with Gasteiger partial charge in [-0.3, -0.25) is 14.4 Å². The zero-order chi connectivity index (χ0) is 25.4. The number of hydrogen-bond donors (Lipinski definition) is 2. The van der Waals surface area contributed by atoms with Crippen LogP contribution in [0.3, 0.4) is 0 Å². The highest BCUT2D eigenvalue weighted by atomic mass is 16.7. The van der Waals surface area contributed by atoms with E-state index in [1.807, 2.05) is 25.1 Å². The number of aromatic nitrogens is 2. The van der Waals surface area contributed by atoms with Crippen molar-refractivity contribution in [2.24, 2.45) is 16.5 Å². The highest BCUT2D eigenvalue weighted by Crippen LogP contribution is 2.31. The van der Waals surface area contributed by atoms with Gasteiger partial charge in [-0.15, -0.1) is 0 Å². The number of nitrogens with two attached hydrogens (primary N) is 2. The molecule has 0 fully saturated rings. The fraction of sp³-hybridized carbons (Fsp3) is 0.400. The third-order valence-corrected chi connectivity index (χ3v) is 5.43. The topological polar surface area (TPSA) is 140 Å². The predicted molar refractivity (Wildman–Crippen MR) is 135 cm³/mol. The Hall–Kier alpha value is -3.63. The molecule has 4 N–H and O–H groups in total. The minimum atomic E-state index is -0.258. The first kappa shape index (κ1) is 26.0. The molecule has 186 valence electrons. The van der Waals surface area contributed by atoms with E-state index in [-0.39, 0.29) is 31.4 Å². The number of fused-ring (bicyclic) bond motifs is 1. The summed E-state index contributed by atoms with van der Waals surface area (Å²) in [6.07, 6.45) is 7.06. The minimum Gasteiger partial charge on any atom is -0.387 e. The maximum Gasteiger partial charge on any atom is 0.273 e. The van der Waals surface area contributed by atoms with E-state index >= 15 is 0 Å². The van der Waals surface area contributed by atoms with Crippen LogP contribution in [0, 0.1) is 0 Å². The van der Waals surface area contributed by atoms with Crippen molar-refractivity contribution >= 4 is 29.4 Å². The normalized spacial score (nSPS) is 12.8. The number of amides is 2. The fourth-order valence-electron chi connectivity index (χ4n) is 3.53. The van der Waals surface area contributed by atoms with Gasteiger partial charge < -0.3 is 16.4 Å². The van der Waals surface area contributed by atoms with Crippen LogP contribution in [0.15, 0.2) is 41.2 Å². The number of hydroxylamine groups is 2. The first-order chi connectivity index (χ1) is 16.8. The monoisotopic (exact) mass is 479 g/mol. The summed E-state index contributed by atoms with van der Waals surface area (Å²) >= 11 is 0. The lowest BCUT2D eigenvalue weighted by Gasteiger charge is -2.22. The van der Waals surface area contributed by atoms with E-state index in [1.54, 1.807) is 37.5 Å². The SMILES string of the molecule is CCCN(OCCCC(=O)N(C)C)C(=O)C1=Cc2ccc(-c3cnc(CN)nc3)cc2N=C(N)C1. The van der Waals surface area contributed by atoms with Gasteiger partial charge in [-0.05, 0) is 30.5 Å². The van der Waals surface area contributed by atoms with Crippen molar-refractivity contribution in [1.29, 1.82) is 0 Å². The van der Waals surface area contributed by atoms with Gasteiger partial charge in [0.1, 0.15) is 11.7 Å². The van der Waals surface area contributed by atoms with Crippen LogP contribution >= 0.6 is 0 Å². The number of rotatable bonds is 10. The lowest BCUT2D eigenvalue weighted by Crippen LogP contribution is -2.34. The van der Waals surface area contributed by atoms with Crippen LogP contribution in [0.5, 0.6) is 0 Å². The molecule has 0 unspecified atom stereocenters. The van der Waals surface area contributed by atoms with Crippen molar-refractivity contribution < 1.29 is 14.4 Å². The zero-order valence-corrected chi connectivity index (χ0v) is 20.5. The average Bonchev–Trinajstić information content (AvgIpc) is 3.02. The highest BCUT2D eigenvalue weighted by molar-refractivity contribution is 6.05. The number of hydrogen-bond acceptors (Lipinski definition) is 8. The summed E-state index contributed by atoms with van der Waals surface area (Å²) in [5.74, 6) is 0.671. The Balaban J connectivity index is 1.78. The third-order valence-electron chi connectivity index (χ3n) is 5.43. The van der Waals surface area contributed by atoms with Gasteiger partial charge in [0, 0.05) is 62.6 Å². The van der Waals surface area contributed by atoms with E-state index in [0.29, 0.717) is 42.3 Å². The lowest BCUT2D eigenvalue weighted by molar-refractivity contribution is -0.182. The Kier molecular flexibility index (Phi) is 9.04. The van der Waals surface area contributed by atoms with E-state index in [4.69, 9.17) is 16.3 Å². The van der Waals surface area contributed by atoms with Crippen LogP contribution in [-0.2, 0) is 21.0 Å². The van der Waals surface area contributed by atoms with Gasteiger partial charge in [-0.2, -0.15) is 0 Å². The molecule has 1 aliphatic rings. The summed E-state index contributed by atoms with van der Waals surface area (Å²) in [6.45, 7) is 2.95. The zero-order valence-electron chi connectivity index (χ0n) is 20.5. The van der Waals surface area contributed by atoms with Crippen molar-refractivity contribution in [3.05, 3.63) is 47.6 Å². The molecule has 10 heteroatoms. The standard InChI is InChI=1S/C25H33N7O3/c1-4-9-32(35-10-5-6-24(33)31(2)3)25(34)19-11-18-8-7-17(12-21(18)30-22(27)13-19)20-15-28-23(14-26)29-16-20/h7-8,11-12,15-16H,4-6,9-10,13-14,26H2,1-3H3,(H2,27,30). The summed E-state index contributed by atoms with van der Waals surface area (Å²) in [7, 11) is 3.43. The van der Waals surface area contributed by atoms with Crippen LogP contribution in [0.4, 0.5) is 5.69 Å². The van der Waals surface area contributed by atoms with Gasteiger partial charge in [0.25, 0.3) is 5.91 Å². The Morgan fingerprint density at radius 3 is 2.54 bits per heavy atom. The molecule has 0 saturated heterocycles. The number of carbonyl (C=O) groups excluding carboxylic acids is 2. The molecule has 0 saturated carbocycles. The van der Waals surface area contributed by atoms with Crippen molar-refractivity contribution in [3.8, 4) is 11.1 Å². The van der Waals surface area contributed by atoms with E-state index in [0.717, 1.165) is 23.1 Å². The van der Waals surface area contributed by atoms with Gasteiger partial charge in [-0.25, -0.2) is 20.0 Å². The van der Waals surface area contributed by atoms with Crippen LogP contribution in [0.1, 0.15) is 44.0 Å². The molecular weight excluding hydrogens is 446 g/mol. The minimum absolute atomic E-state index is 0.0234. The maximum atomic E-state index is 13.3. The van der Waals surface area contributed by atoms with Gasteiger partial charge in [0.05, 0.1) is 18.8 Å². The summed E-state index contributed by atoms with van der Waals surface area (Å²) < 4.78 is 0. The maximum absolute atomic E-state index is 13.3. The number of benzene rings is 1. The van der Waals surface area contributed by atoms with Crippen molar-refractivity contribution in [2.75, 3.05) is 27.2 Å². The van der Waals surface area contributed by atoms with E-state index in [2.05, 4.69) is 15.0 Å². The molecule has 35 heavy (non-hydrogen) atoms. The number of aliphatic imine (C=N–C) groups is 1. The van der Waals surface area contributed by atoms with E-state index < -0.39 is 0 Å². The average molecular weight is 480 g/mol. The molecule has 0 radical (unpaired) electrons. The molecule has 0 bridgehead atoms. The molecule has 1 aliphatic heterocycles. The molecule has 2 amide bonds. The largest absolute Gasteiger partial charge is 0.387 e. The molecule has 0 atom stereocenters. The number of carbonyl (C=O) groups is 2. The summed E-state index contributed by atoms with van der Waals surface area (Å²) in [5, 5.41) is 1.36. The van der Waals surface area contributed by atoms with Crippen LogP contribution in [0.2, 0.25) is 0 Å². The van der Waals surface area contributed by atoms with Crippen molar-refractivity contribution in [2.45, 2.75) is 39.2 Å². The number of amidine groups is 1. The van der Waals surface area contributed by atoms with Gasteiger partial charge >= 0.3 is 0 Å². The Morgan fingerprint density at radius 2 is 1.89 bits per heavy atom. The first-order valence-corrected chi connectivity index (χ1v) is 11.7. The summed E-state index contributed by atoms with van der Waals surface area (Å²) in [4.78, 5) is 45.4. The molecule has 2 heterocycles. The van der Waals surface area contributed by atoms with Gasteiger partial charge in [0.2, 0.25) is 5.91 Å². The van der Waals surface area contributed by atoms with Crippen LogP contribution in [0.25, 0.3) is 17.2 Å². The molecule has 1 aromatic carbocycles. The Bertz CT molecular complexity index is 1110. The van der Waals surface area contributed by atoms with E-state index in [9.17, 15) is 9.59 Å². The molecular formula is C25H33N7O3. The molecule has 3 rings (SSSR count). The molecule has 2 aromatic rings.